The largest absolute Gasteiger partial charge is 0.468 e. The van der Waals surface area contributed by atoms with E-state index in [4.69, 9.17) is 4.74 Å². The molecule has 0 aliphatic rings. The molecule has 1 aromatic carbocycles. The van der Waals surface area contributed by atoms with E-state index in [0.29, 0.717) is 0 Å². The summed E-state index contributed by atoms with van der Waals surface area (Å²) in [6.07, 6.45) is 0. The molecule has 1 rings (SSSR count). The lowest BCUT2D eigenvalue weighted by Gasteiger charge is -2.24. The second kappa shape index (κ2) is 7.92. The fraction of sp³-hybridized carbons (Fsp3) is 0.533. The molecule has 2 atom stereocenters. The van der Waals surface area contributed by atoms with Crippen LogP contribution in [-0.2, 0) is 16.1 Å². The molecule has 0 fully saturated rings. The molecule has 0 aliphatic heterocycles. The quantitative estimate of drug-likeness (QED) is 0.761. The van der Waals surface area contributed by atoms with E-state index in [2.05, 4.69) is 36.3 Å². The lowest BCUT2D eigenvalue weighted by molar-refractivity contribution is -0.142. The molecule has 0 radical (unpaired) electrons. The van der Waals surface area contributed by atoms with Crippen molar-refractivity contribution >= 4 is 5.97 Å². The van der Waals surface area contributed by atoms with Gasteiger partial charge in [0.2, 0.25) is 0 Å². The van der Waals surface area contributed by atoms with Crippen LogP contribution in [0.4, 0.5) is 0 Å². The van der Waals surface area contributed by atoms with Crippen molar-refractivity contribution in [3.05, 3.63) is 35.9 Å². The zero-order chi connectivity index (χ0) is 14.3. The molecule has 0 bridgehead atoms. The molecule has 0 saturated carbocycles. The molecule has 4 nitrogen and oxygen atoms in total. The van der Waals surface area contributed by atoms with Crippen molar-refractivity contribution < 1.29 is 9.53 Å². The highest BCUT2D eigenvalue weighted by Crippen LogP contribution is 2.03. The first kappa shape index (κ1) is 15.7. The molecule has 0 amide bonds. The Hall–Kier alpha value is -1.39. The van der Waals surface area contributed by atoms with Crippen LogP contribution >= 0.6 is 0 Å². The van der Waals surface area contributed by atoms with Crippen molar-refractivity contribution in [2.45, 2.75) is 32.5 Å². The summed E-state index contributed by atoms with van der Waals surface area (Å²) in [6, 6.07) is 10.3. The molecule has 4 heteroatoms. The highest BCUT2D eigenvalue weighted by atomic mass is 16.5. The van der Waals surface area contributed by atoms with Crippen molar-refractivity contribution in [1.29, 1.82) is 0 Å². The predicted octanol–water partition coefficient (Wildman–Crippen LogP) is 1.66. The van der Waals surface area contributed by atoms with Gasteiger partial charge in [-0.05, 0) is 26.5 Å². The third-order valence-corrected chi connectivity index (χ3v) is 2.97. The molecule has 106 valence electrons. The molecular formula is C15H24N2O2. The van der Waals surface area contributed by atoms with Gasteiger partial charge in [-0.3, -0.25) is 4.79 Å². The number of esters is 1. The molecule has 19 heavy (non-hydrogen) atoms. The second-order valence-corrected chi connectivity index (χ2v) is 4.99. The Bertz CT molecular complexity index is 381. The third-order valence-electron chi connectivity index (χ3n) is 2.97. The summed E-state index contributed by atoms with van der Waals surface area (Å²) in [5.74, 6) is -0.224. The Kier molecular flexibility index (Phi) is 6.53. The normalized spacial score (nSPS) is 14.2. The Morgan fingerprint density at radius 1 is 1.32 bits per heavy atom. The number of hydrogen-bond acceptors (Lipinski definition) is 4. The third kappa shape index (κ3) is 5.85. The fourth-order valence-electron chi connectivity index (χ4n) is 2.15. The average molecular weight is 264 g/mol. The van der Waals surface area contributed by atoms with E-state index >= 15 is 0 Å². The summed E-state index contributed by atoms with van der Waals surface area (Å²) in [6.45, 7) is 5.66. The Balaban J connectivity index is 2.35. The van der Waals surface area contributed by atoms with Gasteiger partial charge in [-0.25, -0.2) is 0 Å². The molecule has 0 heterocycles. The van der Waals surface area contributed by atoms with E-state index in [1.165, 1.54) is 12.7 Å². The summed E-state index contributed by atoms with van der Waals surface area (Å²) in [5.41, 5.74) is 1.29. The predicted molar refractivity (Wildman–Crippen MR) is 76.9 cm³/mol. The summed E-state index contributed by atoms with van der Waals surface area (Å²) in [7, 11) is 3.49. The van der Waals surface area contributed by atoms with Crippen LogP contribution < -0.4 is 5.32 Å². The summed E-state index contributed by atoms with van der Waals surface area (Å²) < 4.78 is 4.70. The SMILES string of the molecule is COC(=O)C(C)N[C@@H](C)CN(C)Cc1ccccc1. The lowest BCUT2D eigenvalue weighted by Crippen LogP contribution is -2.45. The highest BCUT2D eigenvalue weighted by molar-refractivity contribution is 5.75. The summed E-state index contributed by atoms with van der Waals surface area (Å²) in [5, 5.41) is 3.23. The van der Waals surface area contributed by atoms with E-state index in [1.54, 1.807) is 0 Å². The van der Waals surface area contributed by atoms with Crippen LogP contribution in [0.15, 0.2) is 30.3 Å². The van der Waals surface area contributed by atoms with Crippen molar-refractivity contribution in [2.75, 3.05) is 20.7 Å². The number of nitrogens with one attached hydrogen (secondary N) is 1. The first-order chi connectivity index (χ1) is 9.02. The highest BCUT2D eigenvalue weighted by Gasteiger charge is 2.16. The number of nitrogens with zero attached hydrogens (tertiary/aromatic N) is 1. The van der Waals surface area contributed by atoms with Gasteiger partial charge < -0.3 is 15.0 Å². The topological polar surface area (TPSA) is 41.6 Å². The van der Waals surface area contributed by atoms with E-state index in [-0.39, 0.29) is 18.1 Å². The number of methoxy groups -OCH3 is 1. The van der Waals surface area contributed by atoms with Crippen LogP contribution in [0.2, 0.25) is 0 Å². The zero-order valence-corrected chi connectivity index (χ0v) is 12.2. The van der Waals surface area contributed by atoms with Gasteiger partial charge in [-0.1, -0.05) is 30.3 Å². The monoisotopic (exact) mass is 264 g/mol. The van der Waals surface area contributed by atoms with Crippen molar-refractivity contribution in [3.8, 4) is 0 Å². The number of carbonyl (C=O) groups is 1. The maximum Gasteiger partial charge on any atom is 0.322 e. The van der Waals surface area contributed by atoms with Crippen molar-refractivity contribution in [3.63, 3.8) is 0 Å². The van der Waals surface area contributed by atoms with Gasteiger partial charge in [-0.15, -0.1) is 0 Å². The number of rotatable bonds is 7. The molecule has 1 unspecified atom stereocenters. The number of likely N-dealkylation sites (N-methyl/N-ethyl adjacent to an activating group) is 1. The van der Waals surface area contributed by atoms with E-state index < -0.39 is 0 Å². The van der Waals surface area contributed by atoms with Gasteiger partial charge in [0, 0.05) is 19.1 Å². The summed E-state index contributed by atoms with van der Waals surface area (Å²) >= 11 is 0. The maximum atomic E-state index is 11.3. The van der Waals surface area contributed by atoms with Gasteiger partial charge >= 0.3 is 5.97 Å². The van der Waals surface area contributed by atoms with Crippen LogP contribution in [0.5, 0.6) is 0 Å². The molecular weight excluding hydrogens is 240 g/mol. The summed E-state index contributed by atoms with van der Waals surface area (Å²) in [4.78, 5) is 13.6. The minimum atomic E-state index is -0.273. The number of benzene rings is 1. The first-order valence-corrected chi connectivity index (χ1v) is 6.59. The Morgan fingerprint density at radius 2 is 1.95 bits per heavy atom. The molecule has 0 aliphatic carbocycles. The van der Waals surface area contributed by atoms with Crippen molar-refractivity contribution in [1.82, 2.24) is 10.2 Å². The lowest BCUT2D eigenvalue weighted by atomic mass is 10.2. The van der Waals surface area contributed by atoms with Crippen LogP contribution in [0.25, 0.3) is 0 Å². The smallest absolute Gasteiger partial charge is 0.322 e. The van der Waals surface area contributed by atoms with Gasteiger partial charge in [0.05, 0.1) is 7.11 Å². The maximum absolute atomic E-state index is 11.3. The molecule has 0 saturated heterocycles. The minimum absolute atomic E-state index is 0.224. The fourth-order valence-corrected chi connectivity index (χ4v) is 2.15. The van der Waals surface area contributed by atoms with Crippen LogP contribution in [0.1, 0.15) is 19.4 Å². The van der Waals surface area contributed by atoms with E-state index in [9.17, 15) is 4.79 Å². The van der Waals surface area contributed by atoms with Gasteiger partial charge in [0.1, 0.15) is 6.04 Å². The van der Waals surface area contributed by atoms with Crippen LogP contribution in [-0.4, -0.2) is 43.7 Å². The van der Waals surface area contributed by atoms with Gasteiger partial charge in [0.15, 0.2) is 0 Å². The first-order valence-electron chi connectivity index (χ1n) is 6.59. The number of ether oxygens (including phenoxy) is 1. The molecule has 1 N–H and O–H groups in total. The Labute approximate surface area is 115 Å². The van der Waals surface area contributed by atoms with Gasteiger partial charge in [-0.2, -0.15) is 0 Å². The molecule has 1 aromatic rings. The van der Waals surface area contributed by atoms with Gasteiger partial charge in [0.25, 0.3) is 0 Å². The minimum Gasteiger partial charge on any atom is -0.468 e. The van der Waals surface area contributed by atoms with E-state index in [0.717, 1.165) is 13.1 Å². The average Bonchev–Trinajstić information content (AvgIpc) is 2.38. The molecule has 0 aromatic heterocycles. The number of carbonyl (C=O) groups excluding carboxylic acids is 1. The molecule has 0 spiro atoms. The van der Waals surface area contributed by atoms with Crippen LogP contribution in [0.3, 0.4) is 0 Å². The zero-order valence-electron chi connectivity index (χ0n) is 12.2. The Morgan fingerprint density at radius 3 is 2.53 bits per heavy atom. The number of hydrogen-bond donors (Lipinski definition) is 1. The van der Waals surface area contributed by atoms with Crippen molar-refractivity contribution in [2.24, 2.45) is 0 Å². The second-order valence-electron chi connectivity index (χ2n) is 4.99. The van der Waals surface area contributed by atoms with Crippen LogP contribution in [0, 0.1) is 0 Å². The standard InChI is InChI=1S/C15H24N2O2/c1-12(16-13(2)15(18)19-4)10-17(3)11-14-8-6-5-7-9-14/h5-9,12-13,16H,10-11H2,1-4H3/t12-,13?/m0/s1. The van der Waals surface area contributed by atoms with E-state index in [1.807, 2.05) is 25.1 Å².